The number of benzene rings is 1. The second-order valence-corrected chi connectivity index (χ2v) is 11.6. The molecule has 0 radical (unpaired) electrons. The van der Waals surface area contributed by atoms with Crippen molar-refractivity contribution in [3.8, 4) is 0 Å². The number of halogens is 3. The maximum absolute atomic E-state index is 12.8. The minimum atomic E-state index is -0.134. The highest BCUT2D eigenvalue weighted by atomic mass is 127. The van der Waals surface area contributed by atoms with Crippen LogP contribution < -0.4 is 5.32 Å². The van der Waals surface area contributed by atoms with E-state index in [0.717, 1.165) is 34.9 Å². The Bertz CT molecular complexity index is 787. The van der Waals surface area contributed by atoms with Gasteiger partial charge in [-0.3, -0.25) is 19.3 Å². The first-order valence-corrected chi connectivity index (χ1v) is 13.0. The average molecular weight is 638 g/mol. The molecule has 2 aliphatic carbocycles. The van der Waals surface area contributed by atoms with Crippen LogP contribution in [-0.2, 0) is 14.4 Å². The normalized spacial score (nSPS) is 32.7. The molecule has 1 heterocycles. The van der Waals surface area contributed by atoms with Crippen molar-refractivity contribution in [3.05, 3.63) is 27.8 Å². The highest BCUT2D eigenvalue weighted by Gasteiger charge is 2.66. The summed E-state index contributed by atoms with van der Waals surface area (Å²) in [6, 6.07) is 7.70. The number of likely N-dealkylation sites (tertiary alicyclic amines) is 1. The fourth-order valence-electron chi connectivity index (χ4n) is 5.12. The van der Waals surface area contributed by atoms with Gasteiger partial charge in [-0.2, -0.15) is 0 Å². The van der Waals surface area contributed by atoms with Crippen molar-refractivity contribution in [1.29, 1.82) is 0 Å². The van der Waals surface area contributed by atoms with E-state index in [4.69, 9.17) is 0 Å². The van der Waals surface area contributed by atoms with Crippen LogP contribution in [0.3, 0.4) is 0 Å². The number of carbonyl (C=O) groups is 3. The topological polar surface area (TPSA) is 66.5 Å². The SMILES string of the molecule is O=C(CCCCCN1C(=O)[C@H]2[C@@H]3C[C@H]([C@@H](Br)[C@H]3Br)[C@@H]2C1=O)Nc1ccc(I)cc1. The third-order valence-electron chi connectivity index (χ3n) is 6.49. The molecule has 0 unspecified atom stereocenters. The lowest BCUT2D eigenvalue weighted by Crippen LogP contribution is -2.37. The Labute approximate surface area is 201 Å². The number of alkyl halides is 2. The summed E-state index contributed by atoms with van der Waals surface area (Å²) in [6.45, 7) is 0.475. The fraction of sp³-hybridized carbons (Fsp3) is 0.571. The van der Waals surface area contributed by atoms with Crippen LogP contribution in [0.5, 0.6) is 0 Å². The number of hydrogen-bond donors (Lipinski definition) is 1. The molecular weight excluding hydrogens is 615 g/mol. The first kappa shape index (κ1) is 21.7. The van der Waals surface area contributed by atoms with E-state index in [1.54, 1.807) is 0 Å². The number of anilines is 1. The molecule has 4 rings (SSSR count). The predicted octanol–water partition coefficient (Wildman–Crippen LogP) is 4.57. The zero-order chi connectivity index (χ0) is 20.7. The minimum absolute atomic E-state index is 0.00244. The van der Waals surface area contributed by atoms with Crippen LogP contribution in [0.2, 0.25) is 0 Å². The van der Waals surface area contributed by atoms with Crippen molar-refractivity contribution in [2.75, 3.05) is 11.9 Å². The van der Waals surface area contributed by atoms with E-state index in [0.29, 0.717) is 13.0 Å². The van der Waals surface area contributed by atoms with E-state index in [2.05, 4.69) is 59.8 Å². The van der Waals surface area contributed by atoms with Crippen molar-refractivity contribution in [2.24, 2.45) is 23.7 Å². The van der Waals surface area contributed by atoms with Gasteiger partial charge in [0.1, 0.15) is 0 Å². The lowest BCUT2D eigenvalue weighted by atomic mass is 9.81. The summed E-state index contributed by atoms with van der Waals surface area (Å²) in [6.07, 6.45) is 3.72. The van der Waals surface area contributed by atoms with Crippen LogP contribution in [-0.4, -0.2) is 38.8 Å². The number of hydrogen-bond acceptors (Lipinski definition) is 3. The summed E-state index contributed by atoms with van der Waals surface area (Å²) in [4.78, 5) is 39.8. The number of nitrogens with one attached hydrogen (secondary N) is 1. The smallest absolute Gasteiger partial charge is 0.233 e. The Balaban J connectivity index is 1.20. The van der Waals surface area contributed by atoms with Gasteiger partial charge in [0.25, 0.3) is 0 Å². The summed E-state index contributed by atoms with van der Waals surface area (Å²) in [5.41, 5.74) is 0.806. The minimum Gasteiger partial charge on any atom is -0.326 e. The van der Waals surface area contributed by atoms with E-state index in [9.17, 15) is 14.4 Å². The molecule has 6 atom stereocenters. The van der Waals surface area contributed by atoms with Crippen LogP contribution in [0.4, 0.5) is 5.69 Å². The van der Waals surface area contributed by atoms with E-state index >= 15 is 0 Å². The molecule has 3 aliphatic rings. The van der Waals surface area contributed by atoms with Gasteiger partial charge in [0.15, 0.2) is 0 Å². The second-order valence-electron chi connectivity index (χ2n) is 8.20. The molecule has 1 aromatic rings. The third-order valence-corrected chi connectivity index (χ3v) is 10.4. The van der Waals surface area contributed by atoms with E-state index in [1.807, 2.05) is 24.3 Å². The molecule has 8 heteroatoms. The molecule has 0 spiro atoms. The van der Waals surface area contributed by atoms with Gasteiger partial charge in [-0.05, 0) is 78.0 Å². The molecule has 2 bridgehead atoms. The highest BCUT2D eigenvalue weighted by molar-refractivity contribution is 14.1. The van der Waals surface area contributed by atoms with Crippen LogP contribution in [0.25, 0.3) is 0 Å². The monoisotopic (exact) mass is 636 g/mol. The Morgan fingerprint density at radius 3 is 2.17 bits per heavy atom. The maximum Gasteiger partial charge on any atom is 0.233 e. The fourth-order valence-corrected chi connectivity index (χ4v) is 7.35. The summed E-state index contributed by atoms with van der Waals surface area (Å²) in [7, 11) is 0. The molecule has 2 saturated carbocycles. The predicted molar refractivity (Wildman–Crippen MR) is 127 cm³/mol. The Hall–Kier alpha value is -0.480. The van der Waals surface area contributed by atoms with Crippen molar-refractivity contribution in [1.82, 2.24) is 4.90 Å². The summed E-state index contributed by atoms with van der Waals surface area (Å²) in [5, 5.41) is 2.90. The number of amides is 3. The van der Waals surface area contributed by atoms with E-state index in [1.165, 1.54) is 4.90 Å². The third kappa shape index (κ3) is 4.18. The lowest BCUT2D eigenvalue weighted by molar-refractivity contribution is -0.140. The molecule has 156 valence electrons. The quantitative estimate of drug-likeness (QED) is 0.206. The second kappa shape index (κ2) is 8.94. The van der Waals surface area contributed by atoms with Crippen LogP contribution in [0, 0.1) is 27.2 Å². The van der Waals surface area contributed by atoms with Crippen molar-refractivity contribution in [2.45, 2.75) is 41.8 Å². The van der Waals surface area contributed by atoms with Crippen molar-refractivity contribution in [3.63, 3.8) is 0 Å². The van der Waals surface area contributed by atoms with Gasteiger partial charge in [0, 0.05) is 31.9 Å². The zero-order valence-corrected chi connectivity index (χ0v) is 21.2. The van der Waals surface area contributed by atoms with Gasteiger partial charge in [-0.25, -0.2) is 0 Å². The standard InChI is InChI=1S/C21H23Br2IN2O3/c22-18-13-10-14(19(18)23)17-16(13)20(28)26(21(17)29)9-3-1-2-4-15(27)25-12-7-5-11(24)6-8-12/h5-8,13-14,16-19H,1-4,9-10H2,(H,25,27)/t13-,14-,16-,17-,18-,19+/m0/s1. The van der Waals surface area contributed by atoms with Crippen LogP contribution in [0.1, 0.15) is 32.1 Å². The van der Waals surface area contributed by atoms with Gasteiger partial charge < -0.3 is 5.32 Å². The average Bonchev–Trinajstić information content (AvgIpc) is 3.29. The number of imide groups is 1. The molecule has 3 fully saturated rings. The van der Waals surface area contributed by atoms with Gasteiger partial charge in [-0.1, -0.05) is 38.3 Å². The molecule has 29 heavy (non-hydrogen) atoms. The number of unbranched alkanes of at least 4 members (excludes halogenated alkanes) is 2. The van der Waals surface area contributed by atoms with Gasteiger partial charge >= 0.3 is 0 Å². The van der Waals surface area contributed by atoms with Gasteiger partial charge in [-0.15, -0.1) is 0 Å². The van der Waals surface area contributed by atoms with E-state index < -0.39 is 0 Å². The summed E-state index contributed by atoms with van der Waals surface area (Å²) < 4.78 is 1.13. The number of rotatable bonds is 7. The van der Waals surface area contributed by atoms with Crippen molar-refractivity contribution < 1.29 is 14.4 Å². The molecule has 5 nitrogen and oxygen atoms in total. The molecule has 1 aromatic carbocycles. The molecular formula is C21H23Br2IN2O3. The van der Waals surface area contributed by atoms with Crippen LogP contribution in [0.15, 0.2) is 24.3 Å². The van der Waals surface area contributed by atoms with Crippen molar-refractivity contribution >= 4 is 77.9 Å². The van der Waals surface area contributed by atoms with Gasteiger partial charge in [0.2, 0.25) is 17.7 Å². The largest absolute Gasteiger partial charge is 0.326 e. The Morgan fingerprint density at radius 1 is 1.00 bits per heavy atom. The lowest BCUT2D eigenvalue weighted by Gasteiger charge is -2.28. The van der Waals surface area contributed by atoms with E-state index in [-0.39, 0.29) is 51.0 Å². The summed E-state index contributed by atoms with van der Waals surface area (Å²) >= 11 is 9.65. The summed E-state index contributed by atoms with van der Waals surface area (Å²) in [5.74, 6) is 0.301. The molecule has 3 amide bonds. The Kier molecular flexibility index (Phi) is 6.70. The van der Waals surface area contributed by atoms with Crippen LogP contribution >= 0.6 is 54.5 Å². The maximum atomic E-state index is 12.8. The molecule has 1 aliphatic heterocycles. The first-order valence-electron chi connectivity index (χ1n) is 10.1. The first-order chi connectivity index (χ1) is 13.9. The van der Waals surface area contributed by atoms with Gasteiger partial charge in [0.05, 0.1) is 11.8 Å². The molecule has 0 aromatic heterocycles. The number of nitrogens with zero attached hydrogens (tertiary/aromatic N) is 1. The molecule has 1 saturated heterocycles. The Morgan fingerprint density at radius 2 is 1.59 bits per heavy atom. The number of fused-ring (bicyclic) bond motifs is 5. The molecule has 1 N–H and O–H groups in total. The highest BCUT2D eigenvalue weighted by Crippen LogP contribution is 2.60. The number of carbonyl (C=O) groups excluding carboxylic acids is 3. The zero-order valence-electron chi connectivity index (χ0n) is 15.8.